The highest BCUT2D eigenvalue weighted by molar-refractivity contribution is 5.81. The Kier molecular flexibility index (Phi) is 2.82. The van der Waals surface area contributed by atoms with Crippen LogP contribution in [-0.2, 0) is 0 Å². The van der Waals surface area contributed by atoms with E-state index >= 15 is 0 Å². The molecule has 0 saturated heterocycles. The van der Waals surface area contributed by atoms with Gasteiger partial charge in [0.1, 0.15) is 10.7 Å². The van der Waals surface area contributed by atoms with E-state index in [-0.39, 0.29) is 10.7 Å². The molecule has 0 aliphatic heterocycles. The van der Waals surface area contributed by atoms with Gasteiger partial charge in [-0.1, -0.05) is 24.3 Å². The molecule has 2 rings (SSSR count). The van der Waals surface area contributed by atoms with Gasteiger partial charge in [-0.25, -0.2) is 0 Å². The fraction of sp³-hybridized carbons (Fsp3) is 0.167. The lowest BCUT2D eigenvalue weighted by Gasteiger charge is -1.97. The Balaban J connectivity index is 3.07. The molecular formula is C12H11N3O2. The molecule has 0 heterocycles. The second kappa shape index (κ2) is 4.29. The Morgan fingerprint density at radius 1 is 1.18 bits per heavy atom. The van der Waals surface area contributed by atoms with Gasteiger partial charge in [0.25, 0.3) is 5.43 Å². The summed E-state index contributed by atoms with van der Waals surface area (Å²) in [6, 6.07) is 6.69. The van der Waals surface area contributed by atoms with Crippen LogP contribution in [0.3, 0.4) is 0 Å². The van der Waals surface area contributed by atoms with Crippen molar-refractivity contribution in [3.05, 3.63) is 55.4 Å². The van der Waals surface area contributed by atoms with Gasteiger partial charge in [0.2, 0.25) is 5.43 Å². The minimum atomic E-state index is -0.805. The van der Waals surface area contributed by atoms with Crippen molar-refractivity contribution in [2.24, 2.45) is 5.10 Å². The number of hydrogen-bond acceptors (Lipinski definition) is 5. The normalized spacial score (nSPS) is 11.9. The molecule has 0 saturated carbocycles. The Morgan fingerprint density at radius 3 is 2.47 bits per heavy atom. The Hall–Kier alpha value is -2.30. The minimum Gasteiger partial charge on any atom is -0.310 e. The molecule has 0 atom stereocenters. The molecular weight excluding hydrogens is 218 g/mol. The van der Waals surface area contributed by atoms with Gasteiger partial charge in [-0.15, -0.1) is 0 Å². The standard InChI is InChI=1S/C12H11N3O2/c1-2-14-15-10-7-5-3-4-6-8(7)11(16)12(17)9(10)13/h3-6,13-14H,2H2,1H3/b13-9?,15-10-. The second-order valence-corrected chi connectivity index (χ2v) is 3.55. The molecule has 86 valence electrons. The average Bonchev–Trinajstić information content (AvgIpc) is 2.36. The molecule has 0 amide bonds. The maximum absolute atomic E-state index is 11.7. The van der Waals surface area contributed by atoms with Crippen molar-refractivity contribution in [1.29, 1.82) is 5.41 Å². The zero-order valence-corrected chi connectivity index (χ0v) is 9.28. The van der Waals surface area contributed by atoms with Crippen molar-refractivity contribution >= 4 is 10.8 Å². The van der Waals surface area contributed by atoms with Gasteiger partial charge >= 0.3 is 0 Å². The summed E-state index contributed by atoms with van der Waals surface area (Å²) in [6.07, 6.45) is 0. The topological polar surface area (TPSA) is 82.4 Å². The van der Waals surface area contributed by atoms with Crippen molar-refractivity contribution in [2.45, 2.75) is 6.92 Å². The SMILES string of the molecule is CCN/N=c1\c(=N)c(=O)c(=O)c2ccccc12. The molecule has 0 radical (unpaired) electrons. The molecule has 0 unspecified atom stereocenters. The Bertz CT molecular complexity index is 771. The van der Waals surface area contributed by atoms with E-state index in [9.17, 15) is 9.59 Å². The molecule has 0 aliphatic carbocycles. The number of rotatable bonds is 2. The monoisotopic (exact) mass is 229 g/mol. The molecule has 5 nitrogen and oxygen atoms in total. The molecule has 2 aromatic rings. The molecule has 0 spiro atoms. The molecule has 17 heavy (non-hydrogen) atoms. The first-order valence-electron chi connectivity index (χ1n) is 5.24. The molecule has 0 bridgehead atoms. The van der Waals surface area contributed by atoms with E-state index in [0.717, 1.165) is 0 Å². The van der Waals surface area contributed by atoms with Gasteiger partial charge in [0.15, 0.2) is 0 Å². The van der Waals surface area contributed by atoms with Crippen molar-refractivity contribution in [3.8, 4) is 0 Å². The Labute approximate surface area is 96.3 Å². The Morgan fingerprint density at radius 2 is 1.82 bits per heavy atom. The zero-order valence-electron chi connectivity index (χ0n) is 9.28. The number of hydrogen-bond donors (Lipinski definition) is 2. The number of nitrogens with zero attached hydrogens (tertiary/aromatic N) is 1. The van der Waals surface area contributed by atoms with E-state index in [1.807, 2.05) is 6.92 Å². The third-order valence-electron chi connectivity index (χ3n) is 2.45. The highest BCUT2D eigenvalue weighted by Crippen LogP contribution is 2.00. The predicted octanol–water partition coefficient (Wildman–Crippen LogP) is -0.660. The summed E-state index contributed by atoms with van der Waals surface area (Å²) in [7, 11) is 0. The summed E-state index contributed by atoms with van der Waals surface area (Å²) < 4.78 is 0. The minimum absolute atomic E-state index is 0.229. The van der Waals surface area contributed by atoms with E-state index < -0.39 is 10.9 Å². The summed E-state index contributed by atoms with van der Waals surface area (Å²) in [5.41, 5.74) is 1.27. The summed E-state index contributed by atoms with van der Waals surface area (Å²) in [5, 5.41) is 12.3. The second-order valence-electron chi connectivity index (χ2n) is 3.55. The quantitative estimate of drug-likeness (QED) is 0.530. The largest absolute Gasteiger partial charge is 0.310 e. The van der Waals surface area contributed by atoms with Crippen LogP contribution in [-0.4, -0.2) is 6.54 Å². The van der Waals surface area contributed by atoms with Gasteiger partial charge in [0, 0.05) is 17.3 Å². The van der Waals surface area contributed by atoms with E-state index in [2.05, 4.69) is 10.5 Å². The summed E-state index contributed by atoms with van der Waals surface area (Å²) >= 11 is 0. The summed E-state index contributed by atoms with van der Waals surface area (Å²) in [6.45, 7) is 2.44. The van der Waals surface area contributed by atoms with Crippen molar-refractivity contribution in [2.75, 3.05) is 6.54 Å². The lowest BCUT2D eigenvalue weighted by molar-refractivity contribution is 0.753. The molecule has 0 aliphatic rings. The molecule has 0 aromatic heterocycles. The molecule has 0 fully saturated rings. The summed E-state index contributed by atoms with van der Waals surface area (Å²) in [4.78, 5) is 23.3. The van der Waals surface area contributed by atoms with Crippen LogP contribution in [0, 0.1) is 5.41 Å². The number of nitrogens with one attached hydrogen (secondary N) is 2. The van der Waals surface area contributed by atoms with Crippen LogP contribution in [0.4, 0.5) is 0 Å². The van der Waals surface area contributed by atoms with Crippen LogP contribution in [0.25, 0.3) is 10.8 Å². The fourth-order valence-corrected chi connectivity index (χ4v) is 1.64. The van der Waals surface area contributed by atoms with Gasteiger partial charge in [-0.05, 0) is 6.92 Å². The van der Waals surface area contributed by atoms with Gasteiger partial charge < -0.3 is 5.43 Å². The van der Waals surface area contributed by atoms with Gasteiger partial charge in [-0.3, -0.25) is 15.0 Å². The lowest BCUT2D eigenvalue weighted by Crippen LogP contribution is -2.48. The van der Waals surface area contributed by atoms with E-state index in [0.29, 0.717) is 17.3 Å². The van der Waals surface area contributed by atoms with E-state index in [4.69, 9.17) is 5.41 Å². The molecule has 2 N–H and O–H groups in total. The van der Waals surface area contributed by atoms with Crippen molar-refractivity contribution in [3.63, 3.8) is 0 Å². The van der Waals surface area contributed by atoms with E-state index in [1.165, 1.54) is 0 Å². The molecule has 5 heteroatoms. The first-order valence-corrected chi connectivity index (χ1v) is 5.24. The van der Waals surface area contributed by atoms with Crippen molar-refractivity contribution in [1.82, 2.24) is 5.43 Å². The third kappa shape index (κ3) is 1.75. The molecule has 2 aromatic carbocycles. The maximum atomic E-state index is 11.7. The van der Waals surface area contributed by atoms with Crippen LogP contribution in [0.2, 0.25) is 0 Å². The zero-order chi connectivity index (χ0) is 12.4. The van der Waals surface area contributed by atoms with Crippen LogP contribution in [0.15, 0.2) is 39.0 Å². The predicted molar refractivity (Wildman–Crippen MR) is 64.0 cm³/mol. The third-order valence-corrected chi connectivity index (χ3v) is 2.45. The summed E-state index contributed by atoms with van der Waals surface area (Å²) in [5.74, 6) is 0. The van der Waals surface area contributed by atoms with Crippen molar-refractivity contribution < 1.29 is 0 Å². The van der Waals surface area contributed by atoms with Crippen LogP contribution >= 0.6 is 0 Å². The van der Waals surface area contributed by atoms with Gasteiger partial charge in [-0.2, -0.15) is 5.10 Å². The van der Waals surface area contributed by atoms with Crippen LogP contribution in [0.5, 0.6) is 0 Å². The highest BCUT2D eigenvalue weighted by Gasteiger charge is 2.07. The average molecular weight is 229 g/mol. The maximum Gasteiger partial charge on any atom is 0.253 e. The van der Waals surface area contributed by atoms with Crippen LogP contribution < -0.4 is 27.0 Å². The number of fused-ring (bicyclic) bond motifs is 1. The van der Waals surface area contributed by atoms with E-state index in [1.54, 1.807) is 24.3 Å². The van der Waals surface area contributed by atoms with Crippen LogP contribution in [0.1, 0.15) is 6.92 Å². The first kappa shape index (κ1) is 11.2. The lowest BCUT2D eigenvalue weighted by atomic mass is 10.1. The number of benzene rings is 2. The fourth-order valence-electron chi connectivity index (χ4n) is 1.64. The highest BCUT2D eigenvalue weighted by atomic mass is 16.2. The first-order chi connectivity index (χ1) is 8.16. The van der Waals surface area contributed by atoms with Gasteiger partial charge in [0.05, 0.1) is 0 Å². The smallest absolute Gasteiger partial charge is 0.253 e.